The Bertz CT molecular complexity index is 1290. The number of benzene rings is 2. The molecule has 25 heavy (non-hydrogen) atoms. The first-order valence-corrected chi connectivity index (χ1v) is 8.14. The second-order valence-electron chi connectivity index (χ2n) is 5.53. The lowest BCUT2D eigenvalue weighted by atomic mass is 10.1. The molecular formula is C16H10N6O2S. The minimum atomic E-state index is -0.428. The van der Waals surface area contributed by atoms with E-state index in [2.05, 4.69) is 23.7 Å². The molecule has 8 nitrogen and oxygen atoms in total. The van der Waals surface area contributed by atoms with Crippen molar-refractivity contribution in [1.82, 2.24) is 28.3 Å². The molecule has 0 atom stereocenters. The smallest absolute Gasteiger partial charge is 0.333 e. The fraction of sp³-hybridized carbons (Fsp3) is 0. The van der Waals surface area contributed by atoms with Gasteiger partial charge < -0.3 is 10.1 Å². The topological polar surface area (TPSA) is 112 Å². The average molecular weight is 350 g/mol. The van der Waals surface area contributed by atoms with E-state index in [1.807, 2.05) is 18.2 Å². The summed E-state index contributed by atoms with van der Waals surface area (Å²) in [6, 6.07) is 10.8. The van der Waals surface area contributed by atoms with Crippen molar-refractivity contribution in [2.75, 3.05) is 0 Å². The fourth-order valence-corrected chi connectivity index (χ4v) is 3.45. The maximum atomic E-state index is 12.4. The molecule has 5 rings (SSSR count). The molecule has 0 aliphatic heterocycles. The number of fused-ring (bicyclic) bond motifs is 2. The molecule has 0 fully saturated rings. The molecule has 0 saturated carbocycles. The Balaban J connectivity index is 1.78. The Hall–Kier alpha value is -3.46. The minimum absolute atomic E-state index is 0.197. The molecule has 0 aliphatic rings. The van der Waals surface area contributed by atoms with Crippen molar-refractivity contribution >= 4 is 33.8 Å². The van der Waals surface area contributed by atoms with Crippen LogP contribution in [0.25, 0.3) is 39.0 Å². The second kappa shape index (κ2) is 5.02. The van der Waals surface area contributed by atoms with Gasteiger partial charge in [-0.05, 0) is 30.3 Å². The summed E-state index contributed by atoms with van der Waals surface area (Å²) in [4.78, 5) is 22.1. The minimum Gasteiger partial charge on any atom is -0.493 e. The van der Waals surface area contributed by atoms with Crippen LogP contribution < -0.4 is 5.69 Å². The molecule has 0 saturated heterocycles. The summed E-state index contributed by atoms with van der Waals surface area (Å²) in [7, 11) is 0. The maximum absolute atomic E-state index is 12.4. The summed E-state index contributed by atoms with van der Waals surface area (Å²) < 4.78 is 9.81. The highest BCUT2D eigenvalue weighted by molar-refractivity contribution is 7.00. The van der Waals surface area contributed by atoms with Crippen LogP contribution in [0.1, 0.15) is 0 Å². The molecule has 0 spiro atoms. The van der Waals surface area contributed by atoms with E-state index in [0.717, 1.165) is 28.3 Å². The van der Waals surface area contributed by atoms with Crippen molar-refractivity contribution < 1.29 is 5.11 Å². The molecule has 3 N–H and O–H groups in total. The van der Waals surface area contributed by atoms with Gasteiger partial charge in [-0.25, -0.2) is 9.78 Å². The Morgan fingerprint density at radius 3 is 2.80 bits per heavy atom. The molecule has 122 valence electrons. The van der Waals surface area contributed by atoms with Gasteiger partial charge in [-0.2, -0.15) is 8.75 Å². The first-order chi connectivity index (χ1) is 12.2. The van der Waals surface area contributed by atoms with E-state index in [4.69, 9.17) is 0 Å². The zero-order chi connectivity index (χ0) is 17.0. The highest BCUT2D eigenvalue weighted by Gasteiger charge is 2.18. The predicted octanol–water partition coefficient (Wildman–Crippen LogP) is 2.42. The van der Waals surface area contributed by atoms with Crippen molar-refractivity contribution in [1.29, 1.82) is 0 Å². The Morgan fingerprint density at radius 2 is 1.88 bits per heavy atom. The van der Waals surface area contributed by atoms with E-state index in [-0.39, 0.29) is 5.88 Å². The molecule has 0 aliphatic carbocycles. The third-order valence-corrected chi connectivity index (χ3v) is 4.62. The number of hydrogen-bond donors (Lipinski definition) is 3. The zero-order valence-corrected chi connectivity index (χ0v) is 13.4. The summed E-state index contributed by atoms with van der Waals surface area (Å²) >= 11 is 1.12. The van der Waals surface area contributed by atoms with Crippen LogP contribution in [-0.4, -0.2) is 33.4 Å². The quantitative estimate of drug-likeness (QED) is 0.452. The molecule has 0 unspecified atom stereocenters. The van der Waals surface area contributed by atoms with E-state index in [1.54, 1.807) is 24.5 Å². The number of aromatic amines is 2. The number of nitrogens with one attached hydrogen (secondary N) is 2. The van der Waals surface area contributed by atoms with Crippen molar-refractivity contribution in [3.63, 3.8) is 0 Å². The highest BCUT2D eigenvalue weighted by Crippen LogP contribution is 2.31. The van der Waals surface area contributed by atoms with Gasteiger partial charge in [0.15, 0.2) is 0 Å². The van der Waals surface area contributed by atoms with Gasteiger partial charge in [0.05, 0.1) is 34.8 Å². The van der Waals surface area contributed by atoms with Crippen LogP contribution in [0.3, 0.4) is 0 Å². The van der Waals surface area contributed by atoms with Crippen LogP contribution in [0.4, 0.5) is 0 Å². The summed E-state index contributed by atoms with van der Waals surface area (Å²) in [5.74, 6) is -0.197. The van der Waals surface area contributed by atoms with E-state index >= 15 is 0 Å². The molecular weight excluding hydrogens is 340 g/mol. The second-order valence-corrected chi connectivity index (χ2v) is 6.06. The molecule has 0 radical (unpaired) electrons. The Labute approximate surface area is 143 Å². The van der Waals surface area contributed by atoms with Crippen LogP contribution in [0.2, 0.25) is 0 Å². The lowest BCUT2D eigenvalue weighted by Crippen LogP contribution is -2.15. The number of hydrogen-bond acceptors (Lipinski definition) is 6. The van der Waals surface area contributed by atoms with Gasteiger partial charge >= 0.3 is 5.69 Å². The van der Waals surface area contributed by atoms with E-state index < -0.39 is 5.69 Å². The molecule has 0 amide bonds. The van der Waals surface area contributed by atoms with Crippen LogP contribution in [-0.2, 0) is 0 Å². The molecule has 2 aromatic carbocycles. The van der Waals surface area contributed by atoms with Crippen LogP contribution in [0.15, 0.2) is 47.5 Å². The number of nitrogens with zero attached hydrogens (tertiary/aromatic N) is 4. The van der Waals surface area contributed by atoms with Gasteiger partial charge in [0.25, 0.3) is 0 Å². The fourth-order valence-electron chi connectivity index (χ4n) is 2.93. The zero-order valence-electron chi connectivity index (χ0n) is 12.6. The highest BCUT2D eigenvalue weighted by atomic mass is 32.1. The summed E-state index contributed by atoms with van der Waals surface area (Å²) in [5, 5.41) is 10.3. The lowest BCUT2D eigenvalue weighted by molar-refractivity contribution is 0.457. The van der Waals surface area contributed by atoms with Gasteiger partial charge in [-0.1, -0.05) is 6.07 Å². The third kappa shape index (κ3) is 2.06. The number of aromatic hydroxyl groups is 1. The first kappa shape index (κ1) is 13.9. The number of H-pyrrole nitrogens is 2. The van der Waals surface area contributed by atoms with E-state index in [0.29, 0.717) is 22.5 Å². The molecule has 5 aromatic rings. The van der Waals surface area contributed by atoms with Crippen molar-refractivity contribution in [3.05, 3.63) is 53.2 Å². The lowest BCUT2D eigenvalue weighted by Gasteiger charge is -2.08. The number of rotatable bonds is 2. The number of imidazole rings is 2. The largest absolute Gasteiger partial charge is 0.493 e. The number of aromatic nitrogens is 6. The van der Waals surface area contributed by atoms with E-state index in [1.165, 1.54) is 4.57 Å². The standard InChI is InChI=1S/C16H10N6O2S/c23-15-14(8-1-3-11-13(5-8)21-25-20-11)22(16(24)19-15)9-2-4-10-12(6-9)18-7-17-10/h1-7,23H,(H,17,18)(H,19,24). The maximum Gasteiger partial charge on any atom is 0.333 e. The molecule has 3 heterocycles. The summed E-state index contributed by atoms with van der Waals surface area (Å²) in [6.45, 7) is 0. The monoisotopic (exact) mass is 350 g/mol. The average Bonchev–Trinajstić information content (AvgIpc) is 3.31. The normalized spacial score (nSPS) is 11.5. The van der Waals surface area contributed by atoms with Gasteiger partial charge in [-0.15, -0.1) is 0 Å². The first-order valence-electron chi connectivity index (χ1n) is 7.41. The Kier molecular flexibility index (Phi) is 2.80. The van der Waals surface area contributed by atoms with Crippen molar-refractivity contribution in [2.45, 2.75) is 0 Å². The summed E-state index contributed by atoms with van der Waals surface area (Å²) in [5.41, 5.74) is 4.32. The SMILES string of the molecule is O=c1[nH]c(O)c(-c2ccc3nsnc3c2)n1-c1ccc2nc[nH]c2c1. The van der Waals surface area contributed by atoms with Gasteiger partial charge in [0.2, 0.25) is 5.88 Å². The molecule has 9 heteroatoms. The molecule has 3 aromatic heterocycles. The van der Waals surface area contributed by atoms with Crippen LogP contribution >= 0.6 is 11.7 Å². The summed E-state index contributed by atoms with van der Waals surface area (Å²) in [6.07, 6.45) is 1.59. The Morgan fingerprint density at radius 1 is 1.04 bits per heavy atom. The van der Waals surface area contributed by atoms with E-state index in [9.17, 15) is 9.90 Å². The van der Waals surface area contributed by atoms with Crippen LogP contribution in [0.5, 0.6) is 5.88 Å². The van der Waals surface area contributed by atoms with Gasteiger partial charge in [0, 0.05) is 5.56 Å². The predicted molar refractivity (Wildman–Crippen MR) is 94.1 cm³/mol. The van der Waals surface area contributed by atoms with Crippen LogP contribution in [0, 0.1) is 0 Å². The van der Waals surface area contributed by atoms with Gasteiger partial charge in [-0.3, -0.25) is 9.55 Å². The third-order valence-electron chi connectivity index (χ3n) is 4.07. The van der Waals surface area contributed by atoms with Gasteiger partial charge in [0.1, 0.15) is 16.7 Å². The van der Waals surface area contributed by atoms with Crippen molar-refractivity contribution in [2.24, 2.45) is 0 Å². The molecule has 0 bridgehead atoms. The van der Waals surface area contributed by atoms with Crippen molar-refractivity contribution in [3.8, 4) is 22.8 Å².